The number of hydrazone groups is 1. The number of benzene rings is 3. The highest BCUT2D eigenvalue weighted by Crippen LogP contribution is 2.28. The Balaban J connectivity index is 1.61. The van der Waals surface area contributed by atoms with Crippen molar-refractivity contribution >= 4 is 46.9 Å². The van der Waals surface area contributed by atoms with Gasteiger partial charge in [-0.15, -0.1) is 0 Å². The summed E-state index contributed by atoms with van der Waals surface area (Å²) in [4.78, 5) is 24.6. The summed E-state index contributed by atoms with van der Waals surface area (Å²) in [6.07, 6.45) is 1.45. The molecule has 0 spiro atoms. The summed E-state index contributed by atoms with van der Waals surface area (Å²) in [7, 11) is 1.53. The largest absolute Gasteiger partial charge is 0.495 e. The zero-order chi connectivity index (χ0) is 25.2. The topological polar surface area (TPSA) is 98.3 Å². The number of carbonyl (C=O) groups excluding carboxylic acids is 2. The minimum absolute atomic E-state index is 0.231. The smallest absolute Gasteiger partial charge is 0.271 e. The highest BCUT2D eigenvalue weighted by atomic mass is 35.5. The molecule has 182 valence electrons. The number of para-hydroxylation sites is 2. The Labute approximate surface area is 212 Å². The van der Waals surface area contributed by atoms with Crippen molar-refractivity contribution in [2.24, 2.45) is 5.10 Å². The molecular weight excluding hydrogens is 493 g/mol. The Bertz CT molecular complexity index is 1230. The first kappa shape index (κ1) is 25.9. The van der Waals surface area contributed by atoms with Crippen molar-refractivity contribution < 1.29 is 23.8 Å². The highest BCUT2D eigenvalue weighted by molar-refractivity contribution is 6.42. The average molecular weight is 516 g/mol. The fraction of sp³-hybridized carbons (Fsp3) is 0.160. The van der Waals surface area contributed by atoms with Crippen LogP contribution in [0.15, 0.2) is 65.8 Å². The first-order valence-electron chi connectivity index (χ1n) is 10.5. The van der Waals surface area contributed by atoms with Gasteiger partial charge in [-0.1, -0.05) is 35.3 Å². The minimum Gasteiger partial charge on any atom is -0.495 e. The maximum atomic E-state index is 12.3. The maximum Gasteiger partial charge on any atom is 0.271 e. The Morgan fingerprint density at radius 3 is 2.49 bits per heavy atom. The van der Waals surface area contributed by atoms with E-state index >= 15 is 0 Å². The fourth-order valence-corrected chi connectivity index (χ4v) is 3.24. The molecule has 2 N–H and O–H groups in total. The second-order valence-electron chi connectivity index (χ2n) is 7.00. The third kappa shape index (κ3) is 7.37. The van der Waals surface area contributed by atoms with Gasteiger partial charge < -0.3 is 19.5 Å². The molecule has 35 heavy (non-hydrogen) atoms. The molecule has 0 saturated heterocycles. The fourth-order valence-electron chi connectivity index (χ4n) is 2.94. The van der Waals surface area contributed by atoms with E-state index in [1.165, 1.54) is 25.5 Å². The molecule has 3 aromatic rings. The lowest BCUT2D eigenvalue weighted by atomic mass is 10.2. The van der Waals surface area contributed by atoms with Gasteiger partial charge >= 0.3 is 0 Å². The summed E-state index contributed by atoms with van der Waals surface area (Å²) in [5, 5.41) is 7.34. The van der Waals surface area contributed by atoms with E-state index in [2.05, 4.69) is 15.8 Å². The molecule has 0 atom stereocenters. The molecule has 0 bridgehead atoms. The van der Waals surface area contributed by atoms with E-state index in [1.807, 2.05) is 13.0 Å². The number of nitrogens with zero attached hydrogens (tertiary/aromatic N) is 1. The normalized spacial score (nSPS) is 10.6. The molecule has 0 aromatic heterocycles. The van der Waals surface area contributed by atoms with Crippen LogP contribution in [0.3, 0.4) is 0 Å². The number of hydrogen-bond acceptors (Lipinski definition) is 6. The summed E-state index contributed by atoms with van der Waals surface area (Å²) < 4.78 is 16.5. The van der Waals surface area contributed by atoms with Gasteiger partial charge in [0.1, 0.15) is 5.75 Å². The Morgan fingerprint density at radius 2 is 1.74 bits per heavy atom. The summed E-state index contributed by atoms with van der Waals surface area (Å²) >= 11 is 11.8. The number of anilines is 1. The number of nitrogens with one attached hydrogen (secondary N) is 2. The molecule has 10 heteroatoms. The molecule has 0 radical (unpaired) electrons. The SMILES string of the molecule is CCOc1cc(/C=N\NC(=O)c2ccc(Cl)c(Cl)c2)ccc1OCC(=O)Nc1ccccc1OC. The molecule has 2 amide bonds. The summed E-state index contributed by atoms with van der Waals surface area (Å²) in [5.41, 5.74) is 3.94. The van der Waals surface area contributed by atoms with E-state index in [0.717, 1.165) is 0 Å². The van der Waals surface area contributed by atoms with Gasteiger partial charge in [0.15, 0.2) is 18.1 Å². The quantitative estimate of drug-likeness (QED) is 0.286. The second kappa shape index (κ2) is 12.6. The van der Waals surface area contributed by atoms with Crippen LogP contribution >= 0.6 is 23.2 Å². The van der Waals surface area contributed by atoms with E-state index in [4.69, 9.17) is 37.4 Å². The number of carbonyl (C=O) groups is 2. The zero-order valence-electron chi connectivity index (χ0n) is 19.0. The molecule has 8 nitrogen and oxygen atoms in total. The molecule has 3 rings (SSSR count). The van der Waals surface area contributed by atoms with Crippen molar-refractivity contribution in [1.82, 2.24) is 5.43 Å². The Morgan fingerprint density at radius 1 is 0.943 bits per heavy atom. The van der Waals surface area contributed by atoms with E-state index in [-0.39, 0.29) is 17.5 Å². The number of amides is 2. The summed E-state index contributed by atoms with van der Waals surface area (Å²) in [6, 6.07) is 16.7. The van der Waals surface area contributed by atoms with Crippen molar-refractivity contribution in [1.29, 1.82) is 0 Å². The average Bonchev–Trinajstić information content (AvgIpc) is 2.85. The van der Waals surface area contributed by atoms with Gasteiger partial charge in [0, 0.05) is 5.56 Å². The first-order chi connectivity index (χ1) is 16.9. The van der Waals surface area contributed by atoms with Crippen LogP contribution in [-0.2, 0) is 4.79 Å². The molecule has 0 aliphatic heterocycles. The van der Waals surface area contributed by atoms with Crippen LogP contribution in [0.25, 0.3) is 0 Å². The van der Waals surface area contributed by atoms with Gasteiger partial charge in [0.05, 0.1) is 35.7 Å². The summed E-state index contributed by atoms with van der Waals surface area (Å²) in [6.45, 7) is 1.99. The summed E-state index contributed by atoms with van der Waals surface area (Å²) in [5.74, 6) is 0.570. The van der Waals surface area contributed by atoms with Crippen LogP contribution in [-0.4, -0.2) is 38.4 Å². The van der Waals surface area contributed by atoms with E-state index in [0.29, 0.717) is 45.7 Å². The molecule has 0 heterocycles. The molecule has 0 aliphatic rings. The standard InChI is InChI=1S/C25H23Cl2N3O5/c1-3-34-23-12-16(14-28-30-25(32)17-9-10-18(26)19(27)13-17)8-11-22(23)35-15-24(31)29-20-6-4-5-7-21(20)33-2/h4-14H,3,15H2,1-2H3,(H,29,31)(H,30,32)/b28-14-. The van der Waals surface area contributed by atoms with Gasteiger partial charge in [-0.25, -0.2) is 5.43 Å². The van der Waals surface area contributed by atoms with Crippen LogP contribution in [0.5, 0.6) is 17.2 Å². The van der Waals surface area contributed by atoms with Crippen molar-refractivity contribution in [3.8, 4) is 17.2 Å². The van der Waals surface area contributed by atoms with Gasteiger partial charge in [-0.2, -0.15) is 5.10 Å². The predicted molar refractivity (Wildman–Crippen MR) is 136 cm³/mol. The number of hydrogen-bond donors (Lipinski definition) is 2. The molecule has 0 fully saturated rings. The molecule has 0 aliphatic carbocycles. The predicted octanol–water partition coefficient (Wildman–Crippen LogP) is 5.18. The Kier molecular flexibility index (Phi) is 9.34. The zero-order valence-corrected chi connectivity index (χ0v) is 20.5. The third-order valence-electron chi connectivity index (χ3n) is 4.57. The van der Waals surface area contributed by atoms with Crippen LogP contribution in [0, 0.1) is 0 Å². The number of methoxy groups -OCH3 is 1. The number of ether oxygens (including phenoxy) is 3. The van der Waals surface area contributed by atoms with Crippen LogP contribution < -0.4 is 25.0 Å². The van der Waals surface area contributed by atoms with Crippen molar-refractivity contribution in [2.45, 2.75) is 6.92 Å². The minimum atomic E-state index is -0.439. The lowest BCUT2D eigenvalue weighted by molar-refractivity contribution is -0.118. The van der Waals surface area contributed by atoms with Crippen molar-refractivity contribution in [2.75, 3.05) is 25.6 Å². The molecule has 0 unspecified atom stereocenters. The first-order valence-corrected chi connectivity index (χ1v) is 11.3. The molecule has 3 aromatic carbocycles. The highest BCUT2D eigenvalue weighted by Gasteiger charge is 2.11. The maximum absolute atomic E-state index is 12.3. The molecular formula is C25H23Cl2N3O5. The van der Waals surface area contributed by atoms with E-state index < -0.39 is 5.91 Å². The molecule has 0 saturated carbocycles. The van der Waals surface area contributed by atoms with E-state index in [1.54, 1.807) is 42.5 Å². The number of halogens is 2. The second-order valence-corrected chi connectivity index (χ2v) is 7.82. The van der Waals surface area contributed by atoms with Crippen LogP contribution in [0.1, 0.15) is 22.8 Å². The Hall–Kier alpha value is -3.75. The van der Waals surface area contributed by atoms with Gasteiger partial charge in [-0.05, 0) is 61.0 Å². The lowest BCUT2D eigenvalue weighted by Crippen LogP contribution is -2.20. The van der Waals surface area contributed by atoms with Crippen LogP contribution in [0.2, 0.25) is 10.0 Å². The number of rotatable bonds is 10. The van der Waals surface area contributed by atoms with Gasteiger partial charge in [0.2, 0.25) is 0 Å². The van der Waals surface area contributed by atoms with Crippen molar-refractivity contribution in [3.63, 3.8) is 0 Å². The van der Waals surface area contributed by atoms with Gasteiger partial charge in [-0.3, -0.25) is 9.59 Å². The van der Waals surface area contributed by atoms with Gasteiger partial charge in [0.25, 0.3) is 11.8 Å². The van der Waals surface area contributed by atoms with Crippen LogP contribution in [0.4, 0.5) is 5.69 Å². The lowest BCUT2D eigenvalue weighted by Gasteiger charge is -2.13. The third-order valence-corrected chi connectivity index (χ3v) is 5.31. The monoisotopic (exact) mass is 515 g/mol. The van der Waals surface area contributed by atoms with E-state index in [9.17, 15) is 9.59 Å². The van der Waals surface area contributed by atoms with Crippen molar-refractivity contribution in [3.05, 3.63) is 81.8 Å².